The standard InChI is InChI=1S/C29H26Cl2N4O4/c1-16-24(28(36)34(32-16)21-13-7-5-11-19(21)30)26(18-10-9-15-23(38-3)27(18)39-4)25-17(2)33-35(29(25)37)22-14-8-6-12-20(22)31/h5-15,26,32-33H,1-4H3. The minimum absolute atomic E-state index is 0.347. The number of hydrogen-bond acceptors (Lipinski definition) is 4. The lowest BCUT2D eigenvalue weighted by Crippen LogP contribution is -2.26. The van der Waals surface area contributed by atoms with E-state index in [1.807, 2.05) is 6.07 Å². The van der Waals surface area contributed by atoms with Crippen LogP contribution in [0.5, 0.6) is 11.5 Å². The number of para-hydroxylation sites is 3. The number of halogens is 2. The third-order valence-corrected chi connectivity index (χ3v) is 7.38. The Labute approximate surface area is 234 Å². The summed E-state index contributed by atoms with van der Waals surface area (Å²) in [7, 11) is 3.06. The number of aromatic nitrogens is 4. The molecule has 3 aromatic carbocycles. The molecule has 0 fully saturated rings. The van der Waals surface area contributed by atoms with Gasteiger partial charge in [0.05, 0.1) is 52.7 Å². The SMILES string of the molecule is COc1cccc(C(c2c(C)[nH]n(-c3ccccc3Cl)c2=O)c2c(C)[nH]n(-c3ccccc3Cl)c2=O)c1OC. The number of hydrogen-bond donors (Lipinski definition) is 2. The van der Waals surface area contributed by atoms with Gasteiger partial charge in [0, 0.05) is 17.0 Å². The van der Waals surface area contributed by atoms with E-state index in [4.69, 9.17) is 32.7 Å². The van der Waals surface area contributed by atoms with E-state index in [9.17, 15) is 9.59 Å². The molecule has 0 atom stereocenters. The van der Waals surface area contributed by atoms with Crippen molar-refractivity contribution in [1.82, 2.24) is 19.6 Å². The maximum atomic E-state index is 14.1. The van der Waals surface area contributed by atoms with E-state index < -0.39 is 5.92 Å². The molecular formula is C29H26Cl2N4O4. The number of benzene rings is 3. The average molecular weight is 565 g/mol. The van der Waals surface area contributed by atoms with E-state index in [1.54, 1.807) is 74.5 Å². The summed E-state index contributed by atoms with van der Waals surface area (Å²) < 4.78 is 14.1. The zero-order valence-corrected chi connectivity index (χ0v) is 23.2. The molecule has 0 amide bonds. The van der Waals surface area contributed by atoms with Gasteiger partial charge in [0.25, 0.3) is 11.1 Å². The summed E-state index contributed by atoms with van der Waals surface area (Å²) >= 11 is 12.9. The number of nitrogens with zero attached hydrogens (tertiary/aromatic N) is 2. The number of aromatic amines is 2. The van der Waals surface area contributed by atoms with Crippen molar-refractivity contribution in [1.29, 1.82) is 0 Å². The summed E-state index contributed by atoms with van der Waals surface area (Å²) in [6.07, 6.45) is 0. The number of H-pyrrole nitrogens is 2. The molecule has 0 saturated carbocycles. The Hall–Kier alpha value is -4.14. The maximum Gasteiger partial charge on any atom is 0.275 e. The minimum atomic E-state index is -0.824. The first-order chi connectivity index (χ1) is 18.8. The molecular weight excluding hydrogens is 539 g/mol. The predicted octanol–water partition coefficient (Wildman–Crippen LogP) is 5.77. The van der Waals surface area contributed by atoms with E-state index in [-0.39, 0.29) is 11.1 Å². The van der Waals surface area contributed by atoms with Crippen molar-refractivity contribution < 1.29 is 9.47 Å². The van der Waals surface area contributed by atoms with Crippen LogP contribution in [0.3, 0.4) is 0 Å². The first kappa shape index (κ1) is 26.5. The van der Waals surface area contributed by atoms with Gasteiger partial charge in [0.1, 0.15) is 0 Å². The van der Waals surface area contributed by atoms with Crippen LogP contribution < -0.4 is 20.6 Å². The molecule has 39 heavy (non-hydrogen) atoms. The third kappa shape index (κ3) is 4.45. The molecule has 10 heteroatoms. The molecule has 0 aliphatic carbocycles. The van der Waals surface area contributed by atoms with E-state index >= 15 is 0 Å². The van der Waals surface area contributed by atoms with Crippen molar-refractivity contribution in [2.75, 3.05) is 14.2 Å². The first-order valence-electron chi connectivity index (χ1n) is 12.1. The summed E-state index contributed by atoms with van der Waals surface area (Å²) in [5, 5.41) is 7.11. The lowest BCUT2D eigenvalue weighted by Gasteiger charge is -2.20. The summed E-state index contributed by atoms with van der Waals surface area (Å²) in [5.41, 5.74) is 2.76. The third-order valence-electron chi connectivity index (χ3n) is 6.74. The van der Waals surface area contributed by atoms with Crippen LogP contribution in [0.4, 0.5) is 0 Å². The summed E-state index contributed by atoms with van der Waals surface area (Å²) in [6, 6.07) is 19.5. The molecule has 0 aliphatic heterocycles. The van der Waals surface area contributed by atoms with Gasteiger partial charge < -0.3 is 9.47 Å². The normalized spacial score (nSPS) is 11.3. The second-order valence-corrected chi connectivity index (χ2v) is 9.82. The molecule has 0 bridgehead atoms. The number of aryl methyl sites for hydroxylation is 2. The van der Waals surface area contributed by atoms with Crippen LogP contribution in [0.1, 0.15) is 34.0 Å². The largest absolute Gasteiger partial charge is 0.493 e. The molecule has 0 spiro atoms. The highest BCUT2D eigenvalue weighted by Gasteiger charge is 2.34. The van der Waals surface area contributed by atoms with E-state index in [0.29, 0.717) is 61.0 Å². The van der Waals surface area contributed by atoms with Crippen LogP contribution >= 0.6 is 23.2 Å². The maximum absolute atomic E-state index is 14.1. The van der Waals surface area contributed by atoms with Crippen LogP contribution in [0.2, 0.25) is 10.0 Å². The Morgan fingerprint density at radius 2 is 1.18 bits per heavy atom. The quantitative estimate of drug-likeness (QED) is 0.262. The van der Waals surface area contributed by atoms with Crippen molar-refractivity contribution in [3.8, 4) is 22.9 Å². The lowest BCUT2D eigenvalue weighted by atomic mass is 9.84. The van der Waals surface area contributed by atoms with Gasteiger partial charge >= 0.3 is 0 Å². The fraction of sp³-hybridized carbons (Fsp3) is 0.172. The van der Waals surface area contributed by atoms with Crippen LogP contribution in [-0.4, -0.2) is 33.8 Å². The molecule has 0 aliphatic rings. The second kappa shape index (κ2) is 10.6. The molecule has 200 valence electrons. The van der Waals surface area contributed by atoms with E-state index in [2.05, 4.69) is 10.2 Å². The number of rotatable bonds is 7. The van der Waals surface area contributed by atoms with Crippen molar-refractivity contribution in [2.45, 2.75) is 19.8 Å². The predicted molar refractivity (Wildman–Crippen MR) is 153 cm³/mol. The van der Waals surface area contributed by atoms with E-state index in [0.717, 1.165) is 0 Å². The molecule has 5 rings (SSSR count). The smallest absolute Gasteiger partial charge is 0.275 e. The highest BCUT2D eigenvalue weighted by atomic mass is 35.5. The van der Waals surface area contributed by atoms with Crippen LogP contribution in [0, 0.1) is 13.8 Å². The van der Waals surface area contributed by atoms with Gasteiger partial charge in [-0.05, 0) is 44.2 Å². The van der Waals surface area contributed by atoms with Gasteiger partial charge in [0.2, 0.25) is 0 Å². The number of ether oxygens (including phenoxy) is 2. The molecule has 0 unspecified atom stereocenters. The number of methoxy groups -OCH3 is 2. The van der Waals surface area contributed by atoms with Crippen LogP contribution in [0.25, 0.3) is 11.4 Å². The highest BCUT2D eigenvalue weighted by Crippen LogP contribution is 2.41. The van der Waals surface area contributed by atoms with Crippen molar-refractivity contribution in [2.24, 2.45) is 0 Å². The molecule has 2 N–H and O–H groups in total. The zero-order valence-electron chi connectivity index (χ0n) is 21.7. The lowest BCUT2D eigenvalue weighted by molar-refractivity contribution is 0.351. The molecule has 2 aromatic heterocycles. The van der Waals surface area contributed by atoms with E-state index in [1.165, 1.54) is 23.6 Å². The highest BCUT2D eigenvalue weighted by molar-refractivity contribution is 6.32. The topological polar surface area (TPSA) is 94.0 Å². The van der Waals surface area contributed by atoms with Gasteiger partial charge in [-0.25, -0.2) is 9.36 Å². The van der Waals surface area contributed by atoms with Gasteiger partial charge in [0.15, 0.2) is 11.5 Å². The molecule has 0 radical (unpaired) electrons. The minimum Gasteiger partial charge on any atom is -0.493 e. The fourth-order valence-electron chi connectivity index (χ4n) is 5.00. The Balaban J connectivity index is 1.85. The molecule has 0 saturated heterocycles. The molecule has 5 aromatic rings. The zero-order chi connectivity index (χ0) is 27.8. The second-order valence-electron chi connectivity index (χ2n) is 9.00. The number of nitrogens with one attached hydrogen (secondary N) is 2. The molecule has 2 heterocycles. The Morgan fingerprint density at radius 3 is 1.62 bits per heavy atom. The average Bonchev–Trinajstić information content (AvgIpc) is 3.39. The van der Waals surface area contributed by atoms with Crippen LogP contribution in [-0.2, 0) is 0 Å². The Kier molecular flexibility index (Phi) is 7.16. The Bertz CT molecular complexity index is 1690. The first-order valence-corrected chi connectivity index (χ1v) is 12.9. The summed E-state index contributed by atoms with van der Waals surface area (Å²) in [5.74, 6) is 0.0628. The summed E-state index contributed by atoms with van der Waals surface area (Å²) in [4.78, 5) is 28.2. The van der Waals surface area contributed by atoms with Crippen molar-refractivity contribution >= 4 is 23.2 Å². The fourth-order valence-corrected chi connectivity index (χ4v) is 5.44. The van der Waals surface area contributed by atoms with Gasteiger partial charge in [-0.3, -0.25) is 19.8 Å². The van der Waals surface area contributed by atoms with Gasteiger partial charge in [-0.2, -0.15) is 0 Å². The van der Waals surface area contributed by atoms with Gasteiger partial charge in [-0.1, -0.05) is 59.6 Å². The molecule has 8 nitrogen and oxygen atoms in total. The Morgan fingerprint density at radius 1 is 0.692 bits per heavy atom. The summed E-state index contributed by atoms with van der Waals surface area (Å²) in [6.45, 7) is 3.58. The monoisotopic (exact) mass is 564 g/mol. The van der Waals surface area contributed by atoms with Crippen molar-refractivity contribution in [3.05, 3.63) is 126 Å². The van der Waals surface area contributed by atoms with Gasteiger partial charge in [-0.15, -0.1) is 0 Å². The van der Waals surface area contributed by atoms with Crippen LogP contribution in [0.15, 0.2) is 76.3 Å². The van der Waals surface area contributed by atoms with Crippen molar-refractivity contribution in [3.63, 3.8) is 0 Å².